The third-order valence-electron chi connectivity index (χ3n) is 7.71. The van der Waals surface area contributed by atoms with E-state index in [1.807, 2.05) is 0 Å². The zero-order valence-corrected chi connectivity index (χ0v) is 20.8. The van der Waals surface area contributed by atoms with Crippen molar-refractivity contribution in [3.63, 3.8) is 0 Å². The molecule has 2 nitrogen and oxygen atoms in total. The van der Waals surface area contributed by atoms with Crippen molar-refractivity contribution < 1.29 is 0 Å². The summed E-state index contributed by atoms with van der Waals surface area (Å²) in [4.78, 5) is 2.30. The van der Waals surface area contributed by atoms with Crippen molar-refractivity contribution in [2.75, 3.05) is 4.90 Å². The minimum Gasteiger partial charge on any atom is -0.311 e. The Morgan fingerprint density at radius 1 is 0.368 bits per heavy atom. The van der Waals surface area contributed by atoms with Crippen LogP contribution in [0.4, 0.5) is 17.1 Å². The standard InChI is InChI=1S/C36H24N2/c1-3-10-27(11-4-1)37(28-12-5-2-6-13-28)29-21-18-25(19-22-29)26-20-23-31-33-16-9-15-32-30-14-7-8-17-34(30)38(36(32)33)35(31)24-26/h1-24H. The molecule has 178 valence electrons. The minimum atomic E-state index is 1.14. The maximum atomic E-state index is 2.44. The lowest BCUT2D eigenvalue weighted by Gasteiger charge is -2.25. The Kier molecular flexibility index (Phi) is 4.55. The van der Waals surface area contributed by atoms with Crippen molar-refractivity contribution in [1.82, 2.24) is 4.40 Å². The summed E-state index contributed by atoms with van der Waals surface area (Å²) < 4.78 is 2.44. The molecule has 0 radical (unpaired) electrons. The normalized spacial score (nSPS) is 11.7. The first kappa shape index (κ1) is 21.0. The maximum absolute atomic E-state index is 2.44. The quantitative estimate of drug-likeness (QED) is 0.241. The average molecular weight is 485 g/mol. The zero-order valence-electron chi connectivity index (χ0n) is 20.8. The summed E-state index contributed by atoms with van der Waals surface area (Å²) in [5, 5.41) is 5.25. The van der Waals surface area contributed by atoms with E-state index >= 15 is 0 Å². The molecule has 0 fully saturated rings. The van der Waals surface area contributed by atoms with Crippen molar-refractivity contribution in [3.05, 3.63) is 146 Å². The number of hydrogen-bond donors (Lipinski definition) is 0. The third kappa shape index (κ3) is 3.07. The molecule has 0 N–H and O–H groups in total. The monoisotopic (exact) mass is 484 g/mol. The number of fused-ring (bicyclic) bond motifs is 6. The predicted octanol–water partition coefficient (Wildman–Crippen LogP) is 9.97. The van der Waals surface area contributed by atoms with Gasteiger partial charge < -0.3 is 9.30 Å². The second-order valence-corrected chi connectivity index (χ2v) is 9.84. The lowest BCUT2D eigenvalue weighted by Crippen LogP contribution is -2.09. The first-order valence-electron chi connectivity index (χ1n) is 13.0. The van der Waals surface area contributed by atoms with Gasteiger partial charge in [0.1, 0.15) is 0 Å². The summed E-state index contributed by atoms with van der Waals surface area (Å²) in [6.45, 7) is 0. The third-order valence-corrected chi connectivity index (χ3v) is 7.71. The zero-order chi connectivity index (χ0) is 25.1. The molecule has 0 aliphatic rings. The number of hydrogen-bond acceptors (Lipinski definition) is 1. The fourth-order valence-corrected chi connectivity index (χ4v) is 6.01. The summed E-state index contributed by atoms with van der Waals surface area (Å²) in [7, 11) is 0. The van der Waals surface area contributed by atoms with E-state index in [0.717, 1.165) is 17.1 Å². The van der Waals surface area contributed by atoms with E-state index < -0.39 is 0 Å². The van der Waals surface area contributed by atoms with Crippen LogP contribution in [0.3, 0.4) is 0 Å². The highest BCUT2D eigenvalue weighted by Crippen LogP contribution is 2.40. The van der Waals surface area contributed by atoms with E-state index in [1.165, 1.54) is 49.2 Å². The molecule has 0 spiro atoms. The molecule has 8 rings (SSSR count). The van der Waals surface area contributed by atoms with Gasteiger partial charge in [0.15, 0.2) is 0 Å². The summed E-state index contributed by atoms with van der Waals surface area (Å²) in [6.07, 6.45) is 0. The van der Waals surface area contributed by atoms with E-state index in [1.54, 1.807) is 0 Å². The number of nitrogens with zero attached hydrogens (tertiary/aromatic N) is 2. The second kappa shape index (κ2) is 8.22. The van der Waals surface area contributed by atoms with Crippen LogP contribution < -0.4 is 4.90 Å². The first-order valence-corrected chi connectivity index (χ1v) is 13.0. The SMILES string of the molecule is c1ccc(N(c2ccccc2)c2ccc(-c3ccc4c5cccc6c7ccccc7n(c4c3)c65)cc2)cc1. The Balaban J connectivity index is 1.27. The number of aromatic nitrogens is 1. The van der Waals surface area contributed by atoms with Gasteiger partial charge in [-0.3, -0.25) is 0 Å². The molecular weight excluding hydrogens is 460 g/mol. The van der Waals surface area contributed by atoms with E-state index in [2.05, 4.69) is 155 Å². The van der Waals surface area contributed by atoms with E-state index in [9.17, 15) is 0 Å². The van der Waals surface area contributed by atoms with Crippen LogP contribution in [0.1, 0.15) is 0 Å². The molecule has 0 saturated carbocycles. The fraction of sp³-hybridized carbons (Fsp3) is 0. The van der Waals surface area contributed by atoms with Crippen molar-refractivity contribution in [2.45, 2.75) is 0 Å². The van der Waals surface area contributed by atoms with Gasteiger partial charge in [-0.1, -0.05) is 97.1 Å². The molecule has 0 aliphatic carbocycles. The van der Waals surface area contributed by atoms with Crippen LogP contribution in [0.2, 0.25) is 0 Å². The van der Waals surface area contributed by atoms with Crippen LogP contribution in [-0.2, 0) is 0 Å². The minimum absolute atomic E-state index is 1.14. The first-order chi connectivity index (χ1) is 18.9. The Hall–Kier alpha value is -5.08. The molecule has 2 heteroatoms. The lowest BCUT2D eigenvalue weighted by atomic mass is 10.0. The molecule has 6 aromatic carbocycles. The average Bonchev–Trinajstić information content (AvgIpc) is 3.51. The highest BCUT2D eigenvalue weighted by molar-refractivity contribution is 6.23. The number of benzene rings is 6. The maximum Gasteiger partial charge on any atom is 0.0620 e. The van der Waals surface area contributed by atoms with Crippen LogP contribution in [0.25, 0.3) is 49.2 Å². The molecule has 0 aliphatic heterocycles. The Bertz CT molecular complexity index is 2010. The summed E-state index contributed by atoms with van der Waals surface area (Å²) in [5.41, 5.74) is 9.70. The van der Waals surface area contributed by atoms with Gasteiger partial charge >= 0.3 is 0 Å². The fourth-order valence-electron chi connectivity index (χ4n) is 6.01. The van der Waals surface area contributed by atoms with Crippen molar-refractivity contribution in [3.8, 4) is 11.1 Å². The van der Waals surface area contributed by atoms with Crippen LogP contribution >= 0.6 is 0 Å². The number of rotatable bonds is 4. The molecule has 0 unspecified atom stereocenters. The van der Waals surface area contributed by atoms with Gasteiger partial charge in [0.25, 0.3) is 0 Å². The molecule has 0 saturated heterocycles. The van der Waals surface area contributed by atoms with Crippen molar-refractivity contribution in [1.29, 1.82) is 0 Å². The highest BCUT2D eigenvalue weighted by atomic mass is 15.1. The van der Waals surface area contributed by atoms with Crippen LogP contribution in [0.5, 0.6) is 0 Å². The summed E-state index contributed by atoms with van der Waals surface area (Å²) >= 11 is 0. The summed E-state index contributed by atoms with van der Waals surface area (Å²) in [6, 6.07) is 52.3. The number of anilines is 3. The highest BCUT2D eigenvalue weighted by Gasteiger charge is 2.17. The second-order valence-electron chi connectivity index (χ2n) is 9.84. The molecule has 2 heterocycles. The van der Waals surface area contributed by atoms with Crippen LogP contribution in [0, 0.1) is 0 Å². The Morgan fingerprint density at radius 2 is 0.895 bits per heavy atom. The van der Waals surface area contributed by atoms with E-state index in [4.69, 9.17) is 0 Å². The largest absolute Gasteiger partial charge is 0.311 e. The molecule has 2 aromatic heterocycles. The van der Waals surface area contributed by atoms with Crippen LogP contribution in [-0.4, -0.2) is 4.40 Å². The Labute approximate surface area is 221 Å². The smallest absolute Gasteiger partial charge is 0.0620 e. The Morgan fingerprint density at radius 3 is 1.58 bits per heavy atom. The van der Waals surface area contributed by atoms with Gasteiger partial charge in [-0.15, -0.1) is 0 Å². The molecule has 0 atom stereocenters. The summed E-state index contributed by atoms with van der Waals surface area (Å²) in [5.74, 6) is 0. The van der Waals surface area contributed by atoms with Gasteiger partial charge in [0.2, 0.25) is 0 Å². The molecule has 38 heavy (non-hydrogen) atoms. The van der Waals surface area contributed by atoms with Gasteiger partial charge in [-0.05, 0) is 59.7 Å². The van der Waals surface area contributed by atoms with E-state index in [-0.39, 0.29) is 0 Å². The predicted molar refractivity (Wildman–Crippen MR) is 161 cm³/mol. The van der Waals surface area contributed by atoms with E-state index in [0.29, 0.717) is 0 Å². The molecule has 0 bridgehead atoms. The van der Waals surface area contributed by atoms with Gasteiger partial charge in [0, 0.05) is 38.6 Å². The lowest BCUT2D eigenvalue weighted by molar-refractivity contribution is 1.28. The van der Waals surface area contributed by atoms with Gasteiger partial charge in [-0.25, -0.2) is 0 Å². The molecule has 0 amide bonds. The van der Waals surface area contributed by atoms with Crippen molar-refractivity contribution >= 4 is 55.2 Å². The molecule has 8 aromatic rings. The number of para-hydroxylation sites is 4. The topological polar surface area (TPSA) is 7.65 Å². The van der Waals surface area contributed by atoms with Gasteiger partial charge in [0.05, 0.1) is 16.6 Å². The van der Waals surface area contributed by atoms with Crippen molar-refractivity contribution in [2.24, 2.45) is 0 Å². The molecular formula is C36H24N2. The van der Waals surface area contributed by atoms with Crippen LogP contribution in [0.15, 0.2) is 146 Å². The van der Waals surface area contributed by atoms with Gasteiger partial charge in [-0.2, -0.15) is 0 Å².